The molecule has 0 saturated carbocycles. The Hall–Kier alpha value is -1.34. The molecule has 2 aromatic rings. The van der Waals surface area contributed by atoms with Crippen LogP contribution in [0.3, 0.4) is 0 Å². The molecule has 0 amide bonds. The maximum atomic E-state index is 2.44. The first-order valence-electron chi connectivity index (χ1n) is 7.62. The molecule has 0 unspecified atom stereocenters. The topological polar surface area (TPSA) is 0 Å². The first-order valence-corrected chi connectivity index (χ1v) is 11.3. The molecule has 0 saturated heterocycles. The molecule has 0 bridgehead atoms. The average molecular weight is 283 g/mol. The van der Waals surface area contributed by atoms with E-state index in [0.717, 1.165) is 12.8 Å². The fourth-order valence-electron chi connectivity index (χ4n) is 2.59. The largest absolute Gasteiger partial charge is 0.0693 e. The second kappa shape index (κ2) is 6.40. The predicted molar refractivity (Wildman–Crippen MR) is 92.1 cm³/mol. The fourth-order valence-corrected chi connectivity index (χ4v) is 4.07. The maximum absolute atomic E-state index is 2.44. The second-order valence-electron chi connectivity index (χ2n) is 6.85. The molecule has 0 aliphatic rings. The molecule has 0 heterocycles. The molecule has 0 aliphatic heterocycles. The van der Waals surface area contributed by atoms with E-state index in [-0.39, 0.29) is 0 Å². The Labute approximate surface area is 124 Å². The summed E-state index contributed by atoms with van der Waals surface area (Å²) >= 11 is 0. The van der Waals surface area contributed by atoms with E-state index in [2.05, 4.69) is 75.1 Å². The third-order valence-electron chi connectivity index (χ3n) is 3.66. The van der Waals surface area contributed by atoms with Crippen molar-refractivity contribution in [1.82, 2.24) is 0 Å². The molecule has 0 spiro atoms. The Kier molecular flexibility index (Phi) is 4.82. The van der Waals surface area contributed by atoms with E-state index >= 15 is 0 Å². The van der Waals surface area contributed by atoms with E-state index in [1.165, 1.54) is 22.7 Å². The van der Waals surface area contributed by atoms with Gasteiger partial charge in [-0.15, -0.1) is 0 Å². The van der Waals surface area contributed by atoms with E-state index < -0.39 is 8.07 Å². The summed E-state index contributed by atoms with van der Waals surface area (Å²) in [7, 11) is -1.06. The minimum Gasteiger partial charge on any atom is -0.0693 e. The van der Waals surface area contributed by atoms with E-state index in [1.807, 2.05) is 0 Å². The minimum atomic E-state index is -1.06. The van der Waals surface area contributed by atoms with Crippen molar-refractivity contribution in [2.45, 2.75) is 45.5 Å². The van der Waals surface area contributed by atoms with Gasteiger partial charge in [0.25, 0.3) is 0 Å². The Morgan fingerprint density at radius 2 is 1.30 bits per heavy atom. The molecular weight excluding hydrogens is 256 g/mol. The Bertz CT molecular complexity index is 547. The van der Waals surface area contributed by atoms with Crippen LogP contribution in [0.4, 0.5) is 0 Å². The van der Waals surface area contributed by atoms with Crippen molar-refractivity contribution in [3.63, 3.8) is 0 Å². The highest BCUT2D eigenvalue weighted by Crippen LogP contribution is 2.19. The summed E-state index contributed by atoms with van der Waals surface area (Å²) < 4.78 is 0. The van der Waals surface area contributed by atoms with Gasteiger partial charge in [0, 0.05) is 8.07 Å². The summed E-state index contributed by atoms with van der Waals surface area (Å²) in [6, 6.07) is 19.3. The third kappa shape index (κ3) is 4.34. The van der Waals surface area contributed by atoms with Gasteiger partial charge in [-0.25, -0.2) is 0 Å². The lowest BCUT2D eigenvalue weighted by Gasteiger charge is -2.18. The van der Waals surface area contributed by atoms with Crippen LogP contribution < -0.4 is 0 Å². The van der Waals surface area contributed by atoms with Crippen LogP contribution in [0.25, 0.3) is 0 Å². The monoisotopic (exact) mass is 282 g/mol. The van der Waals surface area contributed by atoms with Crippen LogP contribution in [0.1, 0.15) is 29.2 Å². The molecule has 0 radical (unpaired) electrons. The maximum Gasteiger partial charge on any atom is 0.0487 e. The van der Waals surface area contributed by atoms with Crippen LogP contribution >= 0.6 is 0 Å². The summed E-state index contributed by atoms with van der Waals surface area (Å²) in [6.45, 7) is 9.54. The zero-order valence-corrected chi connectivity index (χ0v) is 14.2. The number of benzene rings is 2. The SMILES string of the molecule is CCc1ccc(Cc2ccccc2C[Si](C)(C)C)cc1. The highest BCUT2D eigenvalue weighted by molar-refractivity contribution is 6.75. The molecule has 1 heteroatoms. The Balaban J connectivity index is 2.19. The quantitative estimate of drug-likeness (QED) is 0.656. The summed E-state index contributed by atoms with van der Waals surface area (Å²) in [6.07, 6.45) is 2.18. The summed E-state index contributed by atoms with van der Waals surface area (Å²) in [5, 5.41) is 0. The van der Waals surface area contributed by atoms with Gasteiger partial charge in [0.15, 0.2) is 0 Å². The van der Waals surface area contributed by atoms with Gasteiger partial charge < -0.3 is 0 Å². The second-order valence-corrected chi connectivity index (χ2v) is 12.3. The van der Waals surface area contributed by atoms with Crippen LogP contribution in [0.5, 0.6) is 0 Å². The molecular formula is C19H26Si. The summed E-state index contributed by atoms with van der Waals surface area (Å²) in [4.78, 5) is 0. The fraction of sp³-hybridized carbons (Fsp3) is 0.368. The number of hydrogen-bond donors (Lipinski definition) is 0. The van der Waals surface area contributed by atoms with Crippen LogP contribution in [-0.2, 0) is 18.9 Å². The first kappa shape index (κ1) is 15.1. The minimum absolute atomic E-state index is 1.06. The lowest BCUT2D eigenvalue weighted by atomic mass is 9.99. The van der Waals surface area contributed by atoms with Gasteiger partial charge >= 0.3 is 0 Å². The van der Waals surface area contributed by atoms with Gasteiger partial charge in [0.05, 0.1) is 0 Å². The molecule has 0 atom stereocenters. The standard InChI is InChI=1S/C19H26Si/c1-5-16-10-12-17(13-11-16)14-18-8-6-7-9-19(18)15-20(2,3)4/h6-13H,5,14-15H2,1-4H3. The molecule has 0 N–H and O–H groups in total. The zero-order chi connectivity index (χ0) is 14.6. The van der Waals surface area contributed by atoms with Crippen molar-refractivity contribution < 1.29 is 0 Å². The molecule has 106 valence electrons. The van der Waals surface area contributed by atoms with Crippen molar-refractivity contribution in [2.75, 3.05) is 0 Å². The van der Waals surface area contributed by atoms with Gasteiger partial charge in [-0.1, -0.05) is 75.1 Å². The molecule has 0 aliphatic carbocycles. The van der Waals surface area contributed by atoms with Crippen molar-refractivity contribution in [3.05, 3.63) is 70.8 Å². The lowest BCUT2D eigenvalue weighted by Crippen LogP contribution is -2.24. The van der Waals surface area contributed by atoms with Crippen LogP contribution in [0.15, 0.2) is 48.5 Å². The highest BCUT2D eigenvalue weighted by atomic mass is 28.3. The molecule has 2 aromatic carbocycles. The zero-order valence-electron chi connectivity index (χ0n) is 13.2. The Morgan fingerprint density at radius 1 is 0.750 bits per heavy atom. The molecule has 0 fully saturated rings. The van der Waals surface area contributed by atoms with Crippen LogP contribution in [0.2, 0.25) is 19.6 Å². The highest BCUT2D eigenvalue weighted by Gasteiger charge is 2.15. The van der Waals surface area contributed by atoms with Gasteiger partial charge in [-0.05, 0) is 41.1 Å². The van der Waals surface area contributed by atoms with E-state index in [1.54, 1.807) is 5.56 Å². The predicted octanol–water partition coefficient (Wildman–Crippen LogP) is 5.26. The number of hydrogen-bond acceptors (Lipinski definition) is 0. The third-order valence-corrected chi connectivity index (χ3v) is 5.11. The van der Waals surface area contributed by atoms with Crippen LogP contribution in [0, 0.1) is 0 Å². The average Bonchev–Trinajstić information content (AvgIpc) is 2.40. The normalized spacial score (nSPS) is 11.6. The summed E-state index contributed by atoms with van der Waals surface area (Å²) in [5.41, 5.74) is 5.89. The molecule has 0 aromatic heterocycles. The van der Waals surface area contributed by atoms with Crippen LogP contribution in [-0.4, -0.2) is 8.07 Å². The molecule has 0 nitrogen and oxygen atoms in total. The van der Waals surface area contributed by atoms with Gasteiger partial charge in [0.2, 0.25) is 0 Å². The van der Waals surface area contributed by atoms with Crippen molar-refractivity contribution in [3.8, 4) is 0 Å². The van der Waals surface area contributed by atoms with E-state index in [4.69, 9.17) is 0 Å². The van der Waals surface area contributed by atoms with Gasteiger partial charge in [0.1, 0.15) is 0 Å². The molecule has 20 heavy (non-hydrogen) atoms. The first-order chi connectivity index (χ1) is 9.48. The van der Waals surface area contributed by atoms with E-state index in [0.29, 0.717) is 0 Å². The van der Waals surface area contributed by atoms with Crippen molar-refractivity contribution in [1.29, 1.82) is 0 Å². The number of rotatable bonds is 5. The van der Waals surface area contributed by atoms with Gasteiger partial charge in [-0.3, -0.25) is 0 Å². The smallest absolute Gasteiger partial charge is 0.0487 e. The number of aryl methyl sites for hydroxylation is 1. The molecule has 2 rings (SSSR count). The Morgan fingerprint density at radius 3 is 1.85 bits per heavy atom. The lowest BCUT2D eigenvalue weighted by molar-refractivity contribution is 1.10. The van der Waals surface area contributed by atoms with Gasteiger partial charge in [-0.2, -0.15) is 0 Å². The summed E-state index contributed by atoms with van der Waals surface area (Å²) in [5.74, 6) is 0. The van der Waals surface area contributed by atoms with E-state index in [9.17, 15) is 0 Å². The van der Waals surface area contributed by atoms with Crippen molar-refractivity contribution in [2.24, 2.45) is 0 Å². The van der Waals surface area contributed by atoms with Crippen molar-refractivity contribution >= 4 is 8.07 Å².